The monoisotopic (exact) mass is 447 g/mol. The van der Waals surface area contributed by atoms with Gasteiger partial charge in [-0.25, -0.2) is 9.67 Å². The van der Waals surface area contributed by atoms with E-state index in [0.717, 1.165) is 32.1 Å². The zero-order valence-corrected chi connectivity index (χ0v) is 17.3. The molecule has 4 atom stereocenters. The molecule has 4 aliphatic carbocycles. The molecule has 162 valence electrons. The third-order valence-electron chi connectivity index (χ3n) is 7.19. The standard InChI is InChI=1S/C21H20ClF2N5O2/c22-18-25-11-29(28-18)21-8-12-5-13(9-21)7-20(6-12,10-21)17-27-26-16(31-17)14-1-3-15(4-2-14)30-19(23)24/h1-4,11-13,19H,5-10H2/t12-,13+,20?,21?. The summed E-state index contributed by atoms with van der Waals surface area (Å²) in [5, 5.41) is 13.4. The summed E-state index contributed by atoms with van der Waals surface area (Å²) < 4.78 is 37.3. The molecule has 4 aliphatic rings. The van der Waals surface area contributed by atoms with Crippen LogP contribution in [0.3, 0.4) is 0 Å². The second kappa shape index (κ2) is 6.72. The first kappa shape index (κ1) is 19.2. The van der Waals surface area contributed by atoms with Crippen molar-refractivity contribution in [2.45, 2.75) is 56.1 Å². The highest BCUT2D eigenvalue weighted by Gasteiger charge is 2.61. The fraction of sp³-hybridized carbons (Fsp3) is 0.524. The third kappa shape index (κ3) is 3.12. The van der Waals surface area contributed by atoms with Crippen LogP contribution in [-0.4, -0.2) is 31.6 Å². The summed E-state index contributed by atoms with van der Waals surface area (Å²) in [5.41, 5.74) is 0.363. The van der Waals surface area contributed by atoms with Crippen molar-refractivity contribution in [1.29, 1.82) is 0 Å². The molecule has 2 unspecified atom stereocenters. The van der Waals surface area contributed by atoms with Gasteiger partial charge in [-0.15, -0.1) is 15.3 Å². The first-order valence-corrected chi connectivity index (χ1v) is 10.8. The Kier molecular flexibility index (Phi) is 4.15. The van der Waals surface area contributed by atoms with Crippen LogP contribution < -0.4 is 4.74 Å². The van der Waals surface area contributed by atoms with E-state index in [4.69, 9.17) is 16.0 Å². The average Bonchev–Trinajstić information content (AvgIpc) is 3.37. The summed E-state index contributed by atoms with van der Waals surface area (Å²) in [7, 11) is 0. The summed E-state index contributed by atoms with van der Waals surface area (Å²) in [6.45, 7) is -2.86. The van der Waals surface area contributed by atoms with Gasteiger partial charge in [-0.1, -0.05) is 0 Å². The van der Waals surface area contributed by atoms with E-state index in [1.807, 2.05) is 4.68 Å². The van der Waals surface area contributed by atoms with Gasteiger partial charge >= 0.3 is 6.61 Å². The predicted octanol–water partition coefficient (Wildman–Crippen LogP) is 4.83. The largest absolute Gasteiger partial charge is 0.435 e. The second-order valence-electron chi connectivity index (χ2n) is 9.24. The van der Waals surface area contributed by atoms with Crippen molar-refractivity contribution in [2.24, 2.45) is 11.8 Å². The van der Waals surface area contributed by atoms with Gasteiger partial charge in [-0.3, -0.25) is 0 Å². The number of ether oxygens (including phenoxy) is 1. The van der Waals surface area contributed by atoms with Gasteiger partial charge in [0.15, 0.2) is 0 Å². The van der Waals surface area contributed by atoms with E-state index < -0.39 is 6.61 Å². The minimum atomic E-state index is -2.86. The Hall–Kier alpha value is -2.55. The van der Waals surface area contributed by atoms with Crippen LogP contribution in [0.1, 0.15) is 44.4 Å². The highest BCUT2D eigenvalue weighted by atomic mass is 35.5. The van der Waals surface area contributed by atoms with Crippen LogP contribution >= 0.6 is 11.6 Å². The Bertz CT molecular complexity index is 1100. The average molecular weight is 448 g/mol. The minimum Gasteiger partial charge on any atom is -0.435 e. The molecule has 4 fully saturated rings. The molecule has 7 rings (SSSR count). The number of halogens is 3. The molecule has 4 saturated carbocycles. The topological polar surface area (TPSA) is 78.9 Å². The molecule has 1 aromatic carbocycles. The Morgan fingerprint density at radius 1 is 1.10 bits per heavy atom. The fourth-order valence-electron chi connectivity index (χ4n) is 6.54. The quantitative estimate of drug-likeness (QED) is 0.557. The van der Waals surface area contributed by atoms with Gasteiger partial charge in [0.2, 0.25) is 17.1 Å². The molecule has 31 heavy (non-hydrogen) atoms. The van der Waals surface area contributed by atoms with Crippen LogP contribution in [0.2, 0.25) is 5.28 Å². The SMILES string of the molecule is FC(F)Oc1ccc(-c2nnc(C34C[C@H]5C[C@@H](C3)CC(n3cnc(Cl)n3)(C5)C4)o2)cc1. The number of alkyl halides is 2. The lowest BCUT2D eigenvalue weighted by molar-refractivity contribution is -0.0772. The van der Waals surface area contributed by atoms with Crippen molar-refractivity contribution in [3.63, 3.8) is 0 Å². The molecule has 7 nitrogen and oxygen atoms in total. The molecule has 0 spiro atoms. The summed E-state index contributed by atoms with van der Waals surface area (Å²) in [4.78, 5) is 4.15. The Labute approximate surface area is 181 Å². The molecule has 0 N–H and O–H groups in total. The maximum absolute atomic E-state index is 12.4. The predicted molar refractivity (Wildman–Crippen MR) is 106 cm³/mol. The van der Waals surface area contributed by atoms with E-state index in [2.05, 4.69) is 25.0 Å². The van der Waals surface area contributed by atoms with E-state index in [0.29, 0.717) is 29.2 Å². The van der Waals surface area contributed by atoms with Crippen LogP contribution in [0.4, 0.5) is 8.78 Å². The third-order valence-corrected chi connectivity index (χ3v) is 7.36. The van der Waals surface area contributed by atoms with Gasteiger partial charge in [0, 0.05) is 5.56 Å². The molecule has 4 bridgehead atoms. The Morgan fingerprint density at radius 3 is 2.48 bits per heavy atom. The highest BCUT2D eigenvalue weighted by Crippen LogP contribution is 2.64. The van der Waals surface area contributed by atoms with Crippen molar-refractivity contribution < 1.29 is 17.9 Å². The number of aromatic nitrogens is 5. The smallest absolute Gasteiger partial charge is 0.387 e. The number of benzene rings is 1. The van der Waals surface area contributed by atoms with Crippen molar-refractivity contribution in [2.75, 3.05) is 0 Å². The van der Waals surface area contributed by atoms with Crippen molar-refractivity contribution >= 4 is 11.6 Å². The highest BCUT2D eigenvalue weighted by molar-refractivity contribution is 6.28. The molecule has 0 aliphatic heterocycles. The molecule has 3 aromatic rings. The molecule has 0 saturated heterocycles. The lowest BCUT2D eigenvalue weighted by Gasteiger charge is -2.60. The van der Waals surface area contributed by atoms with Crippen molar-refractivity contribution in [3.8, 4) is 17.2 Å². The summed E-state index contributed by atoms with van der Waals surface area (Å²) in [6.07, 6.45) is 8.02. The number of hydrogen-bond donors (Lipinski definition) is 0. The van der Waals surface area contributed by atoms with Gasteiger partial charge in [-0.05, 0) is 86.2 Å². The van der Waals surface area contributed by atoms with E-state index in [1.165, 1.54) is 18.6 Å². The van der Waals surface area contributed by atoms with Gasteiger partial charge in [0.1, 0.15) is 12.1 Å². The minimum absolute atomic E-state index is 0.0907. The summed E-state index contributed by atoms with van der Waals surface area (Å²) in [5.74, 6) is 2.27. The molecule has 0 amide bonds. The Morgan fingerprint density at radius 2 is 1.84 bits per heavy atom. The second-order valence-corrected chi connectivity index (χ2v) is 9.58. The van der Waals surface area contributed by atoms with E-state index in [9.17, 15) is 8.78 Å². The van der Waals surface area contributed by atoms with Crippen molar-refractivity contribution in [3.05, 3.63) is 41.8 Å². The van der Waals surface area contributed by atoms with Crippen LogP contribution in [-0.2, 0) is 11.0 Å². The molecule has 10 heteroatoms. The fourth-order valence-corrected chi connectivity index (χ4v) is 6.66. The Balaban J connectivity index is 1.32. The molecular formula is C21H20ClF2N5O2. The number of hydrogen-bond acceptors (Lipinski definition) is 6. The molecule has 2 aromatic heterocycles. The zero-order chi connectivity index (χ0) is 21.2. The summed E-state index contributed by atoms with van der Waals surface area (Å²) >= 11 is 6.03. The first-order chi connectivity index (χ1) is 14.9. The van der Waals surface area contributed by atoms with Gasteiger partial charge in [-0.2, -0.15) is 8.78 Å². The normalized spacial score (nSPS) is 31.5. The van der Waals surface area contributed by atoms with Crippen LogP contribution in [0.5, 0.6) is 5.75 Å². The van der Waals surface area contributed by atoms with Gasteiger partial charge in [0.05, 0.1) is 11.0 Å². The zero-order valence-electron chi connectivity index (χ0n) is 16.5. The number of nitrogens with zero attached hydrogens (tertiary/aromatic N) is 5. The van der Waals surface area contributed by atoms with E-state index in [-0.39, 0.29) is 22.0 Å². The van der Waals surface area contributed by atoms with E-state index >= 15 is 0 Å². The van der Waals surface area contributed by atoms with Crippen molar-refractivity contribution in [1.82, 2.24) is 25.0 Å². The van der Waals surface area contributed by atoms with Gasteiger partial charge in [0.25, 0.3) is 0 Å². The van der Waals surface area contributed by atoms with Crippen LogP contribution in [0.15, 0.2) is 35.0 Å². The summed E-state index contributed by atoms with van der Waals surface area (Å²) in [6, 6.07) is 6.24. The van der Waals surface area contributed by atoms with Crippen LogP contribution in [0.25, 0.3) is 11.5 Å². The maximum atomic E-state index is 12.4. The maximum Gasteiger partial charge on any atom is 0.387 e. The molecular weight excluding hydrogens is 428 g/mol. The number of rotatable bonds is 5. The first-order valence-electron chi connectivity index (χ1n) is 10.4. The molecule has 0 radical (unpaired) electrons. The lowest BCUT2D eigenvalue weighted by atomic mass is 9.47. The van der Waals surface area contributed by atoms with Gasteiger partial charge < -0.3 is 9.15 Å². The van der Waals surface area contributed by atoms with E-state index in [1.54, 1.807) is 18.5 Å². The van der Waals surface area contributed by atoms with Crippen LogP contribution in [0, 0.1) is 11.8 Å². The molecule has 2 heterocycles. The lowest BCUT2D eigenvalue weighted by Crippen LogP contribution is -2.58.